The number of nitrogens with zero attached hydrogens (tertiary/aromatic N) is 2. The first-order valence-electron chi connectivity index (χ1n) is 9.60. The van der Waals surface area contributed by atoms with Crippen LogP contribution in [0.4, 0.5) is 5.69 Å². The molecule has 3 aromatic rings. The van der Waals surface area contributed by atoms with E-state index < -0.39 is 0 Å². The molecule has 1 aromatic heterocycles. The quantitative estimate of drug-likeness (QED) is 0.523. The minimum absolute atomic E-state index is 0.0467. The second-order valence-corrected chi connectivity index (χ2v) is 7.49. The minimum Gasteiger partial charge on any atom is -0.326 e. The number of hydrogen-bond acceptors (Lipinski definition) is 3. The van der Waals surface area contributed by atoms with E-state index in [1.165, 1.54) is 5.56 Å². The Morgan fingerprint density at radius 2 is 2.00 bits per heavy atom. The van der Waals surface area contributed by atoms with Gasteiger partial charge >= 0.3 is 0 Å². The summed E-state index contributed by atoms with van der Waals surface area (Å²) in [6.45, 7) is 6.88. The van der Waals surface area contributed by atoms with Crippen molar-refractivity contribution in [3.05, 3.63) is 64.4 Å². The third-order valence-corrected chi connectivity index (χ3v) is 5.28. The van der Waals surface area contributed by atoms with Gasteiger partial charge in [-0.2, -0.15) is 5.10 Å². The number of carbonyl (C=O) groups excluding carboxylic acids is 1. The molecular weight excluding hydrogens is 368 g/mol. The van der Waals surface area contributed by atoms with Crippen molar-refractivity contribution in [3.8, 4) is 11.4 Å². The number of anilines is 1. The van der Waals surface area contributed by atoms with Gasteiger partial charge in [-0.15, -0.1) is 0 Å². The minimum atomic E-state index is -0.0467. The molecule has 1 amide bonds. The SMILES string of the molecule is CCC(C)c1ccc(NC(=O)CCn2c(-c3cccc(C)c3)n[nH]c2=S)cc1. The molecule has 5 nitrogen and oxygen atoms in total. The molecule has 1 unspecified atom stereocenters. The Bertz CT molecular complexity index is 1000. The number of amides is 1. The van der Waals surface area contributed by atoms with Crippen LogP contribution in [0, 0.1) is 11.7 Å². The summed E-state index contributed by atoms with van der Waals surface area (Å²) in [7, 11) is 0. The van der Waals surface area contributed by atoms with Crippen LogP contribution < -0.4 is 5.32 Å². The molecule has 6 heteroatoms. The lowest BCUT2D eigenvalue weighted by molar-refractivity contribution is -0.116. The molecule has 0 saturated heterocycles. The number of aromatic nitrogens is 3. The summed E-state index contributed by atoms with van der Waals surface area (Å²) in [5.41, 5.74) is 4.23. The first kappa shape index (κ1) is 20.0. The van der Waals surface area contributed by atoms with Crippen molar-refractivity contribution in [3.63, 3.8) is 0 Å². The molecule has 0 saturated carbocycles. The highest BCUT2D eigenvalue weighted by molar-refractivity contribution is 7.71. The second-order valence-electron chi connectivity index (χ2n) is 7.10. The van der Waals surface area contributed by atoms with Crippen LogP contribution >= 0.6 is 12.2 Å². The van der Waals surface area contributed by atoms with Gasteiger partial charge in [0.05, 0.1) is 0 Å². The number of hydrogen-bond donors (Lipinski definition) is 2. The van der Waals surface area contributed by atoms with Gasteiger partial charge in [0.2, 0.25) is 5.91 Å². The number of aromatic amines is 1. The Morgan fingerprint density at radius 1 is 1.25 bits per heavy atom. The highest BCUT2D eigenvalue weighted by Crippen LogP contribution is 2.21. The molecule has 0 aliphatic carbocycles. The van der Waals surface area contributed by atoms with Crippen molar-refractivity contribution < 1.29 is 4.79 Å². The monoisotopic (exact) mass is 394 g/mol. The van der Waals surface area contributed by atoms with Crippen LogP contribution in [-0.2, 0) is 11.3 Å². The number of benzene rings is 2. The smallest absolute Gasteiger partial charge is 0.226 e. The number of H-pyrrole nitrogens is 1. The van der Waals surface area contributed by atoms with Gasteiger partial charge in [0.1, 0.15) is 0 Å². The van der Waals surface area contributed by atoms with Crippen LogP contribution in [-0.4, -0.2) is 20.7 Å². The number of carbonyl (C=O) groups is 1. The average molecular weight is 395 g/mol. The molecule has 0 aliphatic rings. The van der Waals surface area contributed by atoms with Crippen LogP contribution in [0.1, 0.15) is 43.7 Å². The largest absolute Gasteiger partial charge is 0.326 e. The molecule has 2 N–H and O–H groups in total. The molecule has 0 radical (unpaired) electrons. The first-order chi connectivity index (χ1) is 13.5. The molecule has 0 bridgehead atoms. The summed E-state index contributed by atoms with van der Waals surface area (Å²) >= 11 is 5.35. The molecule has 2 aromatic carbocycles. The van der Waals surface area contributed by atoms with E-state index in [0.29, 0.717) is 23.7 Å². The molecule has 0 aliphatic heterocycles. The fourth-order valence-corrected chi connectivity index (χ4v) is 3.32. The maximum atomic E-state index is 12.4. The zero-order valence-electron chi connectivity index (χ0n) is 16.5. The van der Waals surface area contributed by atoms with Gasteiger partial charge in [-0.3, -0.25) is 14.5 Å². The Kier molecular flexibility index (Phi) is 6.41. The Balaban J connectivity index is 1.65. The summed E-state index contributed by atoms with van der Waals surface area (Å²) in [4.78, 5) is 12.4. The van der Waals surface area contributed by atoms with Crippen LogP contribution in [0.15, 0.2) is 48.5 Å². The van der Waals surface area contributed by atoms with Gasteiger partial charge in [0, 0.05) is 24.2 Å². The number of nitrogens with one attached hydrogen (secondary N) is 2. The topological polar surface area (TPSA) is 62.7 Å². The highest BCUT2D eigenvalue weighted by Gasteiger charge is 2.11. The van der Waals surface area contributed by atoms with E-state index >= 15 is 0 Å². The van der Waals surface area contributed by atoms with Crippen LogP contribution in [0.2, 0.25) is 0 Å². The van der Waals surface area contributed by atoms with Gasteiger partial charge in [0.15, 0.2) is 10.6 Å². The Hall–Kier alpha value is -2.73. The molecule has 1 atom stereocenters. The van der Waals surface area contributed by atoms with Crippen LogP contribution in [0.5, 0.6) is 0 Å². The zero-order chi connectivity index (χ0) is 20.1. The van der Waals surface area contributed by atoms with Gasteiger partial charge in [0.25, 0.3) is 0 Å². The van der Waals surface area contributed by atoms with E-state index in [4.69, 9.17) is 12.2 Å². The summed E-state index contributed by atoms with van der Waals surface area (Å²) < 4.78 is 2.39. The van der Waals surface area contributed by atoms with Crippen LogP contribution in [0.3, 0.4) is 0 Å². The van der Waals surface area contributed by atoms with Gasteiger partial charge < -0.3 is 5.32 Å². The molecule has 146 valence electrons. The summed E-state index contributed by atoms with van der Waals surface area (Å²) in [5.74, 6) is 1.22. The first-order valence-corrected chi connectivity index (χ1v) is 10.0. The molecule has 1 heterocycles. The molecule has 0 fully saturated rings. The van der Waals surface area contributed by atoms with E-state index in [1.54, 1.807) is 0 Å². The Labute approximate surface area is 170 Å². The fraction of sp³-hybridized carbons (Fsp3) is 0.318. The highest BCUT2D eigenvalue weighted by atomic mass is 32.1. The van der Waals surface area contributed by atoms with E-state index in [2.05, 4.69) is 47.6 Å². The Morgan fingerprint density at radius 3 is 2.68 bits per heavy atom. The molecule has 0 spiro atoms. The van der Waals surface area contributed by atoms with E-state index in [9.17, 15) is 4.79 Å². The molecular formula is C22H26N4OS. The summed E-state index contributed by atoms with van der Waals surface area (Å²) in [6, 6.07) is 16.1. The van der Waals surface area contributed by atoms with Crippen molar-refractivity contribution in [1.29, 1.82) is 0 Å². The standard InChI is InChI=1S/C22H26N4OS/c1-4-16(3)17-8-10-19(11-9-17)23-20(27)12-13-26-21(24-25-22(26)28)18-7-5-6-15(2)14-18/h5-11,14,16H,4,12-13H2,1-3H3,(H,23,27)(H,25,28). The van der Waals surface area contributed by atoms with Crippen molar-refractivity contribution in [2.45, 2.75) is 46.1 Å². The fourth-order valence-electron chi connectivity index (χ4n) is 3.10. The normalized spacial score (nSPS) is 12.0. The maximum Gasteiger partial charge on any atom is 0.226 e. The van der Waals surface area contributed by atoms with Crippen molar-refractivity contribution in [2.75, 3.05) is 5.32 Å². The third-order valence-electron chi connectivity index (χ3n) is 4.97. The van der Waals surface area contributed by atoms with Crippen molar-refractivity contribution in [1.82, 2.24) is 14.8 Å². The predicted molar refractivity (Wildman–Crippen MR) is 116 cm³/mol. The molecule has 3 rings (SSSR count). The van der Waals surface area contributed by atoms with E-state index in [-0.39, 0.29) is 5.91 Å². The predicted octanol–water partition coefficient (Wildman–Crippen LogP) is 5.46. The lowest BCUT2D eigenvalue weighted by Crippen LogP contribution is -2.15. The van der Waals surface area contributed by atoms with E-state index in [0.717, 1.165) is 29.1 Å². The lowest BCUT2D eigenvalue weighted by Gasteiger charge is -2.11. The molecule has 28 heavy (non-hydrogen) atoms. The summed E-state index contributed by atoms with van der Waals surface area (Å²) in [6.07, 6.45) is 1.42. The summed E-state index contributed by atoms with van der Waals surface area (Å²) in [5, 5.41) is 10.1. The lowest BCUT2D eigenvalue weighted by atomic mass is 9.99. The van der Waals surface area contributed by atoms with Crippen molar-refractivity contribution in [2.24, 2.45) is 0 Å². The third kappa shape index (κ3) is 4.75. The van der Waals surface area contributed by atoms with Crippen LogP contribution in [0.25, 0.3) is 11.4 Å². The average Bonchev–Trinajstić information content (AvgIpc) is 3.07. The zero-order valence-corrected chi connectivity index (χ0v) is 17.3. The van der Waals surface area contributed by atoms with Crippen molar-refractivity contribution >= 4 is 23.8 Å². The van der Waals surface area contributed by atoms with E-state index in [1.807, 2.05) is 41.8 Å². The maximum absolute atomic E-state index is 12.4. The van der Waals surface area contributed by atoms with Gasteiger partial charge in [-0.25, -0.2) is 0 Å². The second kappa shape index (κ2) is 8.97. The van der Waals surface area contributed by atoms with Gasteiger partial charge in [-0.05, 0) is 55.2 Å². The van der Waals surface area contributed by atoms with Gasteiger partial charge in [-0.1, -0.05) is 49.7 Å². The number of aryl methyl sites for hydroxylation is 1. The number of rotatable bonds is 7.